The number of piperazine rings is 1. The van der Waals surface area contributed by atoms with Crippen LogP contribution in [-0.4, -0.2) is 65.5 Å². The third-order valence-corrected chi connectivity index (χ3v) is 4.63. The number of nitrogens with one attached hydrogen (secondary N) is 1. The van der Waals surface area contributed by atoms with Crippen LogP contribution in [0, 0.1) is 13.8 Å². The summed E-state index contributed by atoms with van der Waals surface area (Å²) in [6.45, 7) is 8.99. The van der Waals surface area contributed by atoms with Crippen LogP contribution in [0.5, 0.6) is 0 Å². The molecule has 6 heteroatoms. The minimum Gasteiger partial charge on any atom is -0.480 e. The van der Waals surface area contributed by atoms with Gasteiger partial charge >= 0.3 is 5.97 Å². The zero-order chi connectivity index (χ0) is 17.7. The van der Waals surface area contributed by atoms with Crippen molar-refractivity contribution in [1.29, 1.82) is 0 Å². The maximum Gasteiger partial charge on any atom is 0.320 e. The average Bonchev–Trinajstić information content (AvgIpc) is 2.53. The van der Waals surface area contributed by atoms with Gasteiger partial charge in [-0.15, -0.1) is 0 Å². The summed E-state index contributed by atoms with van der Waals surface area (Å²) in [6.07, 6.45) is 0.600. The van der Waals surface area contributed by atoms with E-state index in [-0.39, 0.29) is 5.91 Å². The molecule has 0 bridgehead atoms. The van der Waals surface area contributed by atoms with E-state index < -0.39 is 12.0 Å². The Bertz CT molecular complexity index is 575. The van der Waals surface area contributed by atoms with Crippen molar-refractivity contribution in [3.8, 4) is 0 Å². The highest BCUT2D eigenvalue weighted by atomic mass is 16.4. The van der Waals surface area contributed by atoms with Gasteiger partial charge in [0.25, 0.3) is 0 Å². The van der Waals surface area contributed by atoms with Gasteiger partial charge in [0.2, 0.25) is 5.91 Å². The molecule has 1 aliphatic heterocycles. The summed E-state index contributed by atoms with van der Waals surface area (Å²) < 4.78 is 0. The number of para-hydroxylation sites is 1. The number of amides is 1. The van der Waals surface area contributed by atoms with E-state index in [0.717, 1.165) is 16.8 Å². The SMILES string of the molecule is CCC(C(=O)O)N1CCN(CC(=O)Nc2c(C)cccc2C)CC1. The van der Waals surface area contributed by atoms with Gasteiger partial charge in [-0.3, -0.25) is 19.4 Å². The smallest absolute Gasteiger partial charge is 0.320 e. The summed E-state index contributed by atoms with van der Waals surface area (Å²) in [7, 11) is 0. The fourth-order valence-corrected chi connectivity index (χ4v) is 3.22. The van der Waals surface area contributed by atoms with E-state index >= 15 is 0 Å². The third kappa shape index (κ3) is 4.55. The fraction of sp³-hybridized carbons (Fsp3) is 0.556. The second-order valence-corrected chi connectivity index (χ2v) is 6.39. The molecular weight excluding hydrogens is 306 g/mol. The summed E-state index contributed by atoms with van der Waals surface area (Å²) in [5.41, 5.74) is 3.00. The van der Waals surface area contributed by atoms with Gasteiger partial charge < -0.3 is 10.4 Å². The molecule has 1 atom stereocenters. The molecule has 2 rings (SSSR count). The summed E-state index contributed by atoms with van der Waals surface area (Å²) in [6, 6.07) is 5.53. The van der Waals surface area contributed by atoms with Gasteiger partial charge in [0.05, 0.1) is 6.54 Å². The number of rotatable bonds is 6. The number of hydrogen-bond acceptors (Lipinski definition) is 4. The zero-order valence-electron chi connectivity index (χ0n) is 14.7. The minimum atomic E-state index is -0.765. The van der Waals surface area contributed by atoms with E-state index in [1.54, 1.807) is 0 Å². The Morgan fingerprint density at radius 3 is 2.25 bits per heavy atom. The number of anilines is 1. The highest BCUT2D eigenvalue weighted by Gasteiger charge is 2.27. The molecule has 1 heterocycles. The standard InChI is InChI=1S/C18H27N3O3/c1-4-15(18(23)24)21-10-8-20(9-11-21)12-16(22)19-17-13(2)6-5-7-14(17)3/h5-7,15H,4,8-12H2,1-3H3,(H,19,22)(H,23,24). The zero-order valence-corrected chi connectivity index (χ0v) is 14.7. The first-order valence-electron chi connectivity index (χ1n) is 8.47. The molecule has 132 valence electrons. The molecular formula is C18H27N3O3. The number of carboxylic acids is 1. The van der Waals surface area contributed by atoms with Crippen molar-refractivity contribution in [2.24, 2.45) is 0 Å². The van der Waals surface area contributed by atoms with E-state index in [1.807, 2.05) is 43.9 Å². The summed E-state index contributed by atoms with van der Waals surface area (Å²) in [4.78, 5) is 27.6. The third-order valence-electron chi connectivity index (χ3n) is 4.63. The molecule has 1 amide bonds. The van der Waals surface area contributed by atoms with Crippen LogP contribution in [-0.2, 0) is 9.59 Å². The first-order valence-corrected chi connectivity index (χ1v) is 8.47. The summed E-state index contributed by atoms with van der Waals surface area (Å²) in [5, 5.41) is 12.2. The largest absolute Gasteiger partial charge is 0.480 e. The molecule has 1 fully saturated rings. The molecule has 0 radical (unpaired) electrons. The molecule has 1 unspecified atom stereocenters. The predicted octanol–water partition coefficient (Wildman–Crippen LogP) is 1.72. The lowest BCUT2D eigenvalue weighted by Gasteiger charge is -2.37. The molecule has 1 aromatic rings. The van der Waals surface area contributed by atoms with Gasteiger partial charge in [0, 0.05) is 31.9 Å². The van der Waals surface area contributed by atoms with Crippen LogP contribution in [0.15, 0.2) is 18.2 Å². The van der Waals surface area contributed by atoms with E-state index in [1.165, 1.54) is 0 Å². The number of hydrogen-bond donors (Lipinski definition) is 2. The van der Waals surface area contributed by atoms with Crippen molar-refractivity contribution in [3.05, 3.63) is 29.3 Å². The Hall–Kier alpha value is -1.92. The van der Waals surface area contributed by atoms with Gasteiger partial charge in [-0.2, -0.15) is 0 Å². The minimum absolute atomic E-state index is 0.0221. The van der Waals surface area contributed by atoms with Gasteiger partial charge in [-0.05, 0) is 31.4 Å². The number of carbonyl (C=O) groups is 2. The van der Waals surface area contributed by atoms with Crippen molar-refractivity contribution in [2.45, 2.75) is 33.2 Å². The predicted molar refractivity (Wildman–Crippen MR) is 94.3 cm³/mol. The van der Waals surface area contributed by atoms with Crippen molar-refractivity contribution >= 4 is 17.6 Å². The maximum atomic E-state index is 12.3. The van der Waals surface area contributed by atoms with E-state index in [2.05, 4.69) is 10.2 Å². The number of aliphatic carboxylic acids is 1. The van der Waals surface area contributed by atoms with Crippen molar-refractivity contribution in [1.82, 2.24) is 9.80 Å². The second-order valence-electron chi connectivity index (χ2n) is 6.39. The molecule has 2 N–H and O–H groups in total. The topological polar surface area (TPSA) is 72.9 Å². The molecule has 6 nitrogen and oxygen atoms in total. The van der Waals surface area contributed by atoms with Gasteiger partial charge in [0.15, 0.2) is 0 Å². The van der Waals surface area contributed by atoms with Crippen molar-refractivity contribution < 1.29 is 14.7 Å². The van der Waals surface area contributed by atoms with E-state index in [0.29, 0.717) is 39.1 Å². The van der Waals surface area contributed by atoms with E-state index in [4.69, 9.17) is 0 Å². The highest BCUT2D eigenvalue weighted by molar-refractivity contribution is 5.93. The molecule has 1 saturated heterocycles. The highest BCUT2D eigenvalue weighted by Crippen LogP contribution is 2.19. The monoisotopic (exact) mass is 333 g/mol. The molecule has 0 aliphatic carbocycles. The summed E-state index contributed by atoms with van der Waals surface area (Å²) >= 11 is 0. The Balaban J connectivity index is 1.85. The molecule has 0 aromatic heterocycles. The number of aryl methyl sites for hydroxylation is 2. The van der Waals surface area contributed by atoms with Crippen LogP contribution in [0.4, 0.5) is 5.69 Å². The van der Waals surface area contributed by atoms with Gasteiger partial charge in [-0.1, -0.05) is 25.1 Å². The number of carbonyl (C=O) groups excluding carboxylic acids is 1. The molecule has 0 saturated carbocycles. The Labute approximate surface area is 143 Å². The number of carboxylic acid groups (broad SMARTS) is 1. The Morgan fingerprint density at radius 1 is 1.17 bits per heavy atom. The number of nitrogens with zero attached hydrogens (tertiary/aromatic N) is 2. The van der Waals surface area contributed by atoms with Crippen LogP contribution < -0.4 is 5.32 Å². The fourth-order valence-electron chi connectivity index (χ4n) is 3.22. The maximum absolute atomic E-state index is 12.3. The lowest BCUT2D eigenvalue weighted by Crippen LogP contribution is -2.53. The normalized spacial score (nSPS) is 17.5. The molecule has 1 aromatic carbocycles. The van der Waals surface area contributed by atoms with Gasteiger partial charge in [-0.25, -0.2) is 0 Å². The van der Waals surface area contributed by atoms with Crippen LogP contribution in [0.1, 0.15) is 24.5 Å². The van der Waals surface area contributed by atoms with Crippen molar-refractivity contribution in [2.75, 3.05) is 38.0 Å². The molecule has 0 spiro atoms. The van der Waals surface area contributed by atoms with Crippen LogP contribution in [0.2, 0.25) is 0 Å². The number of benzene rings is 1. The average molecular weight is 333 g/mol. The van der Waals surface area contributed by atoms with Crippen LogP contribution >= 0.6 is 0 Å². The Morgan fingerprint density at radius 2 is 1.75 bits per heavy atom. The first-order chi connectivity index (χ1) is 11.4. The Kier molecular flexibility index (Phi) is 6.34. The lowest BCUT2D eigenvalue weighted by atomic mass is 10.1. The lowest BCUT2D eigenvalue weighted by molar-refractivity contribution is -0.144. The van der Waals surface area contributed by atoms with Crippen molar-refractivity contribution in [3.63, 3.8) is 0 Å². The van der Waals surface area contributed by atoms with Crippen LogP contribution in [0.3, 0.4) is 0 Å². The van der Waals surface area contributed by atoms with Gasteiger partial charge in [0.1, 0.15) is 6.04 Å². The summed E-state index contributed by atoms with van der Waals surface area (Å²) in [5.74, 6) is -0.787. The molecule has 1 aliphatic rings. The first kappa shape index (κ1) is 18.4. The van der Waals surface area contributed by atoms with Crippen LogP contribution in [0.25, 0.3) is 0 Å². The molecule has 24 heavy (non-hydrogen) atoms. The second kappa shape index (κ2) is 8.26. The quantitative estimate of drug-likeness (QED) is 0.829. The van der Waals surface area contributed by atoms with E-state index in [9.17, 15) is 14.7 Å².